The molecule has 382 valence electrons. The molecule has 4 aromatic carbocycles. The number of ether oxygens (including phenoxy) is 1. The van der Waals surface area contributed by atoms with Crippen LogP contribution in [0.3, 0.4) is 0 Å². The van der Waals surface area contributed by atoms with Crippen LogP contribution in [0.1, 0.15) is 103 Å². The number of hydrogen-bond donors (Lipinski definition) is 3. The fourth-order valence-corrected chi connectivity index (χ4v) is 11.7. The maximum absolute atomic E-state index is 14.3. The van der Waals surface area contributed by atoms with Crippen LogP contribution in [0.5, 0.6) is 5.75 Å². The third-order valence-electron chi connectivity index (χ3n) is 15.1. The third-order valence-corrected chi connectivity index (χ3v) is 15.3. The van der Waals surface area contributed by atoms with E-state index in [9.17, 15) is 42.7 Å². The van der Waals surface area contributed by atoms with E-state index in [4.69, 9.17) is 16.3 Å². The van der Waals surface area contributed by atoms with Crippen molar-refractivity contribution in [3.05, 3.63) is 129 Å². The number of amides is 4. The summed E-state index contributed by atoms with van der Waals surface area (Å²) in [5, 5.41) is 26.5. The zero-order chi connectivity index (χ0) is 51.9. The van der Waals surface area contributed by atoms with Gasteiger partial charge in [-0.15, -0.1) is 0 Å². The highest BCUT2D eigenvalue weighted by atomic mass is 35.5. The first kappa shape index (κ1) is 52.2. The molecule has 4 aromatic rings. The third kappa shape index (κ3) is 10.8. The average Bonchev–Trinajstić information content (AvgIpc) is 3.90. The number of aliphatic hydroxyl groups is 1. The normalized spacial score (nSPS) is 22.0. The molecule has 4 aliphatic rings. The van der Waals surface area contributed by atoms with E-state index in [2.05, 4.69) is 20.4 Å². The molecule has 0 spiro atoms. The summed E-state index contributed by atoms with van der Waals surface area (Å²) in [7, 11) is 0. The molecule has 4 amide bonds. The molecule has 13 nitrogen and oxygen atoms in total. The van der Waals surface area contributed by atoms with Crippen LogP contribution in [0.25, 0.3) is 0 Å². The predicted molar refractivity (Wildman–Crippen MR) is 267 cm³/mol. The Labute approximate surface area is 424 Å². The van der Waals surface area contributed by atoms with Crippen molar-refractivity contribution in [3.63, 3.8) is 0 Å². The zero-order valence-electron chi connectivity index (χ0n) is 41.6. The second-order valence-corrected chi connectivity index (χ2v) is 21.6. The Bertz CT molecular complexity index is 2700. The van der Waals surface area contributed by atoms with Gasteiger partial charge in [0.1, 0.15) is 23.9 Å². The molecule has 3 atom stereocenters. The minimum absolute atomic E-state index is 0.00840. The first-order valence-electron chi connectivity index (χ1n) is 24.7. The number of aliphatic hydroxyl groups excluding tert-OH is 1. The number of nitrogens with zero attached hydrogens (tertiary/aromatic N) is 5. The molecule has 3 aliphatic heterocycles. The molecule has 0 radical (unpaired) electrons. The van der Waals surface area contributed by atoms with Crippen molar-refractivity contribution in [1.29, 1.82) is 5.26 Å². The summed E-state index contributed by atoms with van der Waals surface area (Å²) in [6.07, 6.45) is -4.22. The molecule has 72 heavy (non-hydrogen) atoms. The van der Waals surface area contributed by atoms with Gasteiger partial charge < -0.3 is 35.2 Å². The number of hydrogen-bond acceptors (Lipinski definition) is 9. The lowest BCUT2D eigenvalue weighted by atomic mass is 9.49. The van der Waals surface area contributed by atoms with Gasteiger partial charge in [0.05, 0.1) is 23.3 Å². The quantitative estimate of drug-likeness (QED) is 0.108. The number of β-amino-alcohol motifs (C(OH)–C–C–N with tert-alkyl or cyclic N) is 1. The molecular formula is C55H63ClF3N7O6. The lowest BCUT2D eigenvalue weighted by Crippen LogP contribution is -2.74. The first-order valence-corrected chi connectivity index (χ1v) is 25.0. The van der Waals surface area contributed by atoms with Crippen molar-refractivity contribution in [2.75, 3.05) is 44.2 Å². The Morgan fingerprint density at radius 1 is 0.917 bits per heavy atom. The van der Waals surface area contributed by atoms with Crippen LogP contribution in [-0.2, 0) is 35.3 Å². The van der Waals surface area contributed by atoms with Crippen LogP contribution in [0.4, 0.5) is 18.9 Å². The fourth-order valence-electron chi connectivity index (χ4n) is 11.5. The van der Waals surface area contributed by atoms with E-state index in [0.29, 0.717) is 16.1 Å². The summed E-state index contributed by atoms with van der Waals surface area (Å²) in [6.45, 7) is 16.1. The molecule has 1 saturated carbocycles. The minimum Gasteiger partial charge on any atom is -0.489 e. The number of nitriles is 1. The summed E-state index contributed by atoms with van der Waals surface area (Å²) >= 11 is 6.01. The van der Waals surface area contributed by atoms with Gasteiger partial charge in [-0.3, -0.25) is 24.1 Å². The van der Waals surface area contributed by atoms with Crippen molar-refractivity contribution in [1.82, 2.24) is 25.3 Å². The largest absolute Gasteiger partial charge is 0.489 e. The standard InChI is InChI=1S/C55H63ClF3N7O6/c1-33(2)46(50(71)65-32-41(67)27-45(65)48(69)61-30-35-11-17-39(56)18-12-35)66-31-38-15-19-40(26-43(38)49(66)70)64-24-22-63(23-25-64)21-7-8-34-9-13-36(14-10-34)47(68)62-51-53(3,4)52(54(51,5)6)72-42-20-16-37(29-60)44(28-42)55(57,58)59/h9-20,26,28,33,41,45-46,51-52,67H,7-8,21-25,27,30-32H2,1-6H3,(H,61,69)(H,62,68)/t41-,45+,46+,51-,52-/m1/s1. The Morgan fingerprint density at radius 2 is 1.58 bits per heavy atom. The number of fused-ring (bicyclic) bond motifs is 1. The van der Waals surface area contributed by atoms with Crippen molar-refractivity contribution in [3.8, 4) is 11.8 Å². The number of halogens is 4. The molecule has 3 N–H and O–H groups in total. The van der Waals surface area contributed by atoms with E-state index < -0.39 is 52.4 Å². The molecule has 17 heteroatoms. The van der Waals surface area contributed by atoms with Crippen LogP contribution in [0.2, 0.25) is 5.02 Å². The van der Waals surface area contributed by atoms with E-state index in [1.165, 1.54) is 11.0 Å². The van der Waals surface area contributed by atoms with Gasteiger partial charge in [0.15, 0.2) is 0 Å². The van der Waals surface area contributed by atoms with Gasteiger partial charge in [-0.2, -0.15) is 18.4 Å². The van der Waals surface area contributed by atoms with E-state index >= 15 is 0 Å². The maximum Gasteiger partial charge on any atom is 0.417 e. The van der Waals surface area contributed by atoms with Gasteiger partial charge in [0.2, 0.25) is 11.8 Å². The fraction of sp³-hybridized carbons (Fsp3) is 0.473. The molecule has 2 saturated heterocycles. The number of piperazine rings is 1. The van der Waals surface area contributed by atoms with Gasteiger partial charge in [-0.25, -0.2) is 0 Å². The van der Waals surface area contributed by atoms with Crippen LogP contribution in [0.15, 0.2) is 84.9 Å². The number of carbonyl (C=O) groups excluding carboxylic acids is 4. The highest BCUT2D eigenvalue weighted by Crippen LogP contribution is 2.56. The number of aryl methyl sites for hydroxylation is 1. The highest BCUT2D eigenvalue weighted by molar-refractivity contribution is 6.30. The van der Waals surface area contributed by atoms with Crippen LogP contribution >= 0.6 is 11.6 Å². The molecule has 0 bridgehead atoms. The van der Waals surface area contributed by atoms with Gasteiger partial charge in [-0.1, -0.05) is 83.5 Å². The summed E-state index contributed by atoms with van der Waals surface area (Å²) in [6, 6.07) is 23.5. The molecule has 0 aromatic heterocycles. The second kappa shape index (κ2) is 20.8. The number of rotatable bonds is 15. The van der Waals surface area contributed by atoms with Gasteiger partial charge in [0.25, 0.3) is 11.8 Å². The predicted octanol–water partition coefficient (Wildman–Crippen LogP) is 7.86. The molecule has 1 aliphatic carbocycles. The van der Waals surface area contributed by atoms with Gasteiger partial charge in [0, 0.05) is 90.9 Å². The Balaban J connectivity index is 0.795. The Morgan fingerprint density at radius 3 is 2.22 bits per heavy atom. The molecule has 3 fully saturated rings. The van der Waals surface area contributed by atoms with Crippen LogP contribution in [0, 0.1) is 28.1 Å². The van der Waals surface area contributed by atoms with Crippen LogP contribution < -0.4 is 20.3 Å². The Hall–Kier alpha value is -6.15. The van der Waals surface area contributed by atoms with Crippen molar-refractivity contribution in [2.45, 2.75) is 110 Å². The number of likely N-dealkylation sites (tertiary alicyclic amines) is 1. The Kier molecular flexibility index (Phi) is 15.0. The van der Waals surface area contributed by atoms with Crippen molar-refractivity contribution < 1.29 is 42.2 Å². The zero-order valence-corrected chi connectivity index (χ0v) is 42.3. The summed E-state index contributed by atoms with van der Waals surface area (Å²) in [5.74, 6) is -1.43. The number of alkyl halides is 3. The second-order valence-electron chi connectivity index (χ2n) is 21.2. The number of carbonyl (C=O) groups is 4. The lowest BCUT2D eigenvalue weighted by Gasteiger charge is -2.63. The van der Waals surface area contributed by atoms with E-state index in [1.807, 2.05) is 96.1 Å². The molecular weight excluding hydrogens is 947 g/mol. The molecule has 0 unspecified atom stereocenters. The van der Waals surface area contributed by atoms with Crippen molar-refractivity contribution >= 4 is 40.9 Å². The lowest BCUT2D eigenvalue weighted by molar-refractivity contribution is -0.164. The number of anilines is 1. The maximum atomic E-state index is 14.3. The minimum atomic E-state index is -4.70. The molecule has 3 heterocycles. The van der Waals surface area contributed by atoms with Gasteiger partial charge in [-0.05, 0) is 96.6 Å². The smallest absolute Gasteiger partial charge is 0.417 e. The summed E-state index contributed by atoms with van der Waals surface area (Å²) < 4.78 is 47.0. The monoisotopic (exact) mass is 1010 g/mol. The topological polar surface area (TPSA) is 159 Å². The average molecular weight is 1010 g/mol. The van der Waals surface area contributed by atoms with E-state index in [1.54, 1.807) is 23.1 Å². The van der Waals surface area contributed by atoms with Crippen molar-refractivity contribution in [2.24, 2.45) is 16.7 Å². The van der Waals surface area contributed by atoms with Crippen LogP contribution in [-0.4, -0.2) is 113 Å². The number of nitrogens with one attached hydrogen (secondary N) is 2. The highest BCUT2D eigenvalue weighted by Gasteiger charge is 2.64. The van der Waals surface area contributed by atoms with Gasteiger partial charge >= 0.3 is 6.18 Å². The van der Waals surface area contributed by atoms with E-state index in [0.717, 1.165) is 80.1 Å². The SMILES string of the molecule is CC(C)[C@@H](C(=O)N1C[C@H](O)C[C@H]1C(=O)NCc1ccc(Cl)cc1)N1Cc2ccc(N3CCN(CCCc4ccc(C(=O)N[C@H]5C(C)(C)[C@H](Oc6ccc(C#N)c(C(F)(F)F)c6)C5(C)C)cc4)CC3)cc2C1=O. The summed E-state index contributed by atoms with van der Waals surface area (Å²) in [4.78, 5) is 63.1. The first-order chi connectivity index (χ1) is 34.1. The van der Waals surface area contributed by atoms with E-state index in [-0.39, 0.29) is 67.4 Å². The summed E-state index contributed by atoms with van der Waals surface area (Å²) in [5.41, 5.74) is 2.07. The molecule has 8 rings (SSSR count). The number of benzene rings is 4.